The molecule has 2 atom stereocenters. The van der Waals surface area contributed by atoms with E-state index in [1.165, 1.54) is 9.80 Å². The van der Waals surface area contributed by atoms with E-state index in [0.717, 1.165) is 11.1 Å². The molecule has 2 aromatic carbocycles. The number of urea groups is 1. The molecule has 0 aromatic heterocycles. The Morgan fingerprint density at radius 1 is 0.931 bits per heavy atom. The average Bonchev–Trinajstić information content (AvgIpc) is 2.95. The van der Waals surface area contributed by atoms with Gasteiger partial charge >= 0.3 is 18.2 Å². The number of nitrogens with zero attached hydrogens (tertiary/aromatic N) is 2. The van der Waals surface area contributed by atoms with Gasteiger partial charge in [0.25, 0.3) is 0 Å². The van der Waals surface area contributed by atoms with Crippen molar-refractivity contribution in [2.24, 2.45) is 0 Å². The number of hydrogen-bond donors (Lipinski definition) is 1. The molecular weight excluding hydrogens is 376 g/mol. The molecule has 1 aliphatic rings. The normalized spacial score (nSPS) is 18.6. The highest BCUT2D eigenvalue weighted by molar-refractivity contribution is 5.88. The van der Waals surface area contributed by atoms with E-state index in [2.05, 4.69) is 0 Å². The van der Waals surface area contributed by atoms with Gasteiger partial charge in [0.05, 0.1) is 13.2 Å². The Kier molecular flexibility index (Phi) is 6.33. The molecule has 8 heteroatoms. The lowest BCUT2D eigenvalue weighted by atomic mass is 10.1. The highest BCUT2D eigenvalue weighted by Crippen LogP contribution is 2.29. The monoisotopic (exact) mass is 398 g/mol. The van der Waals surface area contributed by atoms with Crippen LogP contribution in [0.1, 0.15) is 18.1 Å². The first kappa shape index (κ1) is 20.2. The summed E-state index contributed by atoms with van der Waals surface area (Å²) < 4.78 is 10.1. The number of hydrogen-bond acceptors (Lipinski definition) is 5. The van der Waals surface area contributed by atoms with E-state index in [1.54, 1.807) is 6.92 Å². The quantitative estimate of drug-likeness (QED) is 0.720. The first-order valence-corrected chi connectivity index (χ1v) is 9.22. The van der Waals surface area contributed by atoms with Crippen LogP contribution >= 0.6 is 0 Å². The Morgan fingerprint density at radius 3 is 1.93 bits per heavy atom. The van der Waals surface area contributed by atoms with Gasteiger partial charge in [0, 0.05) is 6.54 Å². The maximum Gasteiger partial charge on any atom is 0.507 e. The largest absolute Gasteiger partial charge is 0.507 e. The van der Waals surface area contributed by atoms with Gasteiger partial charge in [-0.2, -0.15) is 0 Å². The second-order valence-electron chi connectivity index (χ2n) is 6.48. The Hall–Kier alpha value is -3.55. The van der Waals surface area contributed by atoms with Crippen molar-refractivity contribution >= 4 is 18.2 Å². The van der Waals surface area contributed by atoms with E-state index in [9.17, 15) is 19.5 Å². The van der Waals surface area contributed by atoms with Crippen LogP contribution in [0.15, 0.2) is 60.7 Å². The number of ether oxygens (including phenoxy) is 2. The molecule has 0 spiro atoms. The molecule has 2 amide bonds. The molecule has 152 valence electrons. The van der Waals surface area contributed by atoms with Crippen LogP contribution in [0.25, 0.3) is 0 Å². The minimum Gasteiger partial charge on any atom is -0.464 e. The Labute approximate surface area is 168 Å². The van der Waals surface area contributed by atoms with Gasteiger partial charge in [-0.05, 0) is 18.1 Å². The second kappa shape index (κ2) is 9.09. The van der Waals surface area contributed by atoms with Crippen molar-refractivity contribution in [2.75, 3.05) is 6.61 Å². The van der Waals surface area contributed by atoms with E-state index in [4.69, 9.17) is 9.47 Å². The smallest absolute Gasteiger partial charge is 0.464 e. The van der Waals surface area contributed by atoms with Crippen LogP contribution in [0.2, 0.25) is 0 Å². The van der Waals surface area contributed by atoms with Gasteiger partial charge in [0.2, 0.25) is 6.23 Å². The lowest BCUT2D eigenvalue weighted by Gasteiger charge is -2.25. The number of carboxylic acid groups (broad SMARTS) is 1. The van der Waals surface area contributed by atoms with Crippen molar-refractivity contribution in [1.82, 2.24) is 9.80 Å². The molecule has 2 aromatic rings. The first-order chi connectivity index (χ1) is 14.0. The van der Waals surface area contributed by atoms with E-state index >= 15 is 0 Å². The van der Waals surface area contributed by atoms with Gasteiger partial charge in [-0.1, -0.05) is 60.7 Å². The summed E-state index contributed by atoms with van der Waals surface area (Å²) in [4.78, 5) is 39.7. The van der Waals surface area contributed by atoms with Crippen molar-refractivity contribution in [3.63, 3.8) is 0 Å². The number of amides is 2. The summed E-state index contributed by atoms with van der Waals surface area (Å²) in [5.74, 6) is -0.710. The molecule has 8 nitrogen and oxygen atoms in total. The van der Waals surface area contributed by atoms with Crippen molar-refractivity contribution < 1.29 is 29.0 Å². The molecule has 1 heterocycles. The number of rotatable bonds is 7. The standard InChI is InChI=1S/C21H22N2O6/c1-2-28-19(24)17-18(29-21(26)27)23(14-16-11-7-4-8-12-16)20(25)22(17)13-15-9-5-3-6-10-15/h3-12,17-18H,2,13-14H2,1H3,(H,26,27)/t17-,18-/m1/s1. The van der Waals surface area contributed by atoms with Crippen LogP contribution in [0.4, 0.5) is 9.59 Å². The minimum absolute atomic E-state index is 0.0960. The number of carbonyl (C=O) groups is 3. The first-order valence-electron chi connectivity index (χ1n) is 9.22. The van der Waals surface area contributed by atoms with Crippen LogP contribution < -0.4 is 0 Å². The van der Waals surface area contributed by atoms with E-state index in [1.807, 2.05) is 60.7 Å². The Bertz CT molecular complexity index is 858. The SMILES string of the molecule is CCOC(=O)[C@H]1[C@@H](OC(=O)O)N(Cc2ccccc2)C(=O)N1Cc1ccccc1. The highest BCUT2D eigenvalue weighted by Gasteiger charge is 2.52. The zero-order chi connectivity index (χ0) is 20.8. The van der Waals surface area contributed by atoms with Crippen molar-refractivity contribution in [2.45, 2.75) is 32.3 Å². The topological polar surface area (TPSA) is 96.4 Å². The minimum atomic E-state index is -1.57. The molecule has 0 unspecified atom stereocenters. The predicted octanol–water partition coefficient (Wildman–Crippen LogP) is 3.08. The highest BCUT2D eigenvalue weighted by atomic mass is 16.7. The van der Waals surface area contributed by atoms with E-state index in [-0.39, 0.29) is 19.7 Å². The second-order valence-corrected chi connectivity index (χ2v) is 6.48. The Balaban J connectivity index is 1.96. The van der Waals surface area contributed by atoms with Gasteiger partial charge in [-0.3, -0.25) is 4.90 Å². The third-order valence-corrected chi connectivity index (χ3v) is 4.55. The fourth-order valence-electron chi connectivity index (χ4n) is 3.30. The molecular formula is C21H22N2O6. The molecule has 3 rings (SSSR count). The predicted molar refractivity (Wildman–Crippen MR) is 103 cm³/mol. The van der Waals surface area contributed by atoms with Crippen LogP contribution in [0, 0.1) is 0 Å². The number of benzene rings is 2. The van der Waals surface area contributed by atoms with Crippen LogP contribution in [-0.2, 0) is 27.4 Å². The molecule has 1 aliphatic heterocycles. The fourth-order valence-corrected chi connectivity index (χ4v) is 3.30. The summed E-state index contributed by atoms with van der Waals surface area (Å²) in [7, 11) is 0. The molecule has 0 radical (unpaired) electrons. The van der Waals surface area contributed by atoms with E-state index < -0.39 is 30.4 Å². The van der Waals surface area contributed by atoms with Gasteiger partial charge in [-0.25, -0.2) is 14.4 Å². The third-order valence-electron chi connectivity index (χ3n) is 4.55. The molecule has 0 saturated carbocycles. The van der Waals surface area contributed by atoms with Crippen molar-refractivity contribution in [3.05, 3.63) is 71.8 Å². The molecule has 0 aliphatic carbocycles. The molecule has 1 fully saturated rings. The number of esters is 1. The summed E-state index contributed by atoms with van der Waals surface area (Å²) in [5, 5.41) is 9.22. The van der Waals surface area contributed by atoms with Gasteiger partial charge in [0.15, 0.2) is 6.04 Å². The lowest BCUT2D eigenvalue weighted by Crippen LogP contribution is -2.46. The number of carbonyl (C=O) groups excluding carboxylic acids is 2. The average molecular weight is 398 g/mol. The van der Waals surface area contributed by atoms with Crippen LogP contribution in [0.5, 0.6) is 0 Å². The maximum atomic E-state index is 13.2. The van der Waals surface area contributed by atoms with Crippen molar-refractivity contribution in [1.29, 1.82) is 0 Å². The maximum absolute atomic E-state index is 13.2. The molecule has 29 heavy (non-hydrogen) atoms. The zero-order valence-electron chi connectivity index (χ0n) is 15.9. The summed E-state index contributed by atoms with van der Waals surface area (Å²) in [5.41, 5.74) is 1.58. The summed E-state index contributed by atoms with van der Waals surface area (Å²) >= 11 is 0. The molecule has 0 bridgehead atoms. The Morgan fingerprint density at radius 2 is 1.45 bits per heavy atom. The summed E-state index contributed by atoms with van der Waals surface area (Å²) in [6.07, 6.45) is -2.89. The van der Waals surface area contributed by atoms with E-state index in [0.29, 0.717) is 0 Å². The van der Waals surface area contributed by atoms with Gasteiger partial charge in [-0.15, -0.1) is 0 Å². The van der Waals surface area contributed by atoms with Crippen LogP contribution in [-0.4, -0.2) is 51.9 Å². The van der Waals surface area contributed by atoms with Crippen LogP contribution in [0.3, 0.4) is 0 Å². The summed E-state index contributed by atoms with van der Waals surface area (Å²) in [6.45, 7) is 1.96. The third kappa shape index (κ3) is 4.66. The van der Waals surface area contributed by atoms with Gasteiger partial charge in [0.1, 0.15) is 0 Å². The molecule has 1 saturated heterocycles. The summed E-state index contributed by atoms with van der Waals surface area (Å²) in [6, 6.07) is 16.5. The molecule has 1 N–H and O–H groups in total. The lowest BCUT2D eigenvalue weighted by molar-refractivity contribution is -0.153. The fraction of sp³-hybridized carbons (Fsp3) is 0.286. The van der Waals surface area contributed by atoms with Gasteiger partial charge < -0.3 is 19.5 Å². The van der Waals surface area contributed by atoms with Crippen molar-refractivity contribution in [3.8, 4) is 0 Å². The zero-order valence-corrected chi connectivity index (χ0v) is 15.9.